The molecule has 0 bridgehead atoms. The second-order valence-corrected chi connectivity index (χ2v) is 4.48. The highest BCUT2D eigenvalue weighted by molar-refractivity contribution is 5.98. The van der Waals surface area contributed by atoms with Crippen molar-refractivity contribution in [1.29, 1.82) is 0 Å². The first-order valence-corrected chi connectivity index (χ1v) is 5.95. The lowest BCUT2D eigenvalue weighted by Gasteiger charge is -2.05. The maximum absolute atomic E-state index is 13.4. The van der Waals surface area contributed by atoms with Crippen molar-refractivity contribution in [2.75, 3.05) is 0 Å². The van der Waals surface area contributed by atoms with Gasteiger partial charge in [0.1, 0.15) is 5.82 Å². The van der Waals surface area contributed by atoms with Crippen molar-refractivity contribution >= 4 is 16.6 Å². The smallest absolute Gasteiger partial charge is 0.322 e. The van der Waals surface area contributed by atoms with Gasteiger partial charge in [-0.2, -0.15) is 0 Å². The summed E-state index contributed by atoms with van der Waals surface area (Å²) in [6.07, 6.45) is 1.49. The quantitative estimate of drug-likeness (QED) is 0.382. The molecule has 3 aromatic rings. The molecule has 0 aliphatic carbocycles. The Morgan fingerprint density at radius 3 is 2.62 bits per heavy atom. The maximum Gasteiger partial charge on any atom is 0.322 e. The van der Waals surface area contributed by atoms with Crippen molar-refractivity contribution in [2.24, 2.45) is 0 Å². The summed E-state index contributed by atoms with van der Waals surface area (Å²) >= 11 is 0. The number of halogens is 1. The number of aromatic amines is 1. The number of nitrogens with one attached hydrogen (secondary N) is 1. The topological polar surface area (TPSA) is 99.4 Å². The first-order chi connectivity index (χ1) is 9.99. The largest absolute Gasteiger partial charge is 0.504 e. The van der Waals surface area contributed by atoms with E-state index >= 15 is 0 Å². The molecule has 0 unspecified atom stereocenters. The van der Waals surface area contributed by atoms with Crippen LogP contribution in [-0.4, -0.2) is 20.1 Å². The Morgan fingerprint density at radius 2 is 1.90 bits per heavy atom. The summed E-state index contributed by atoms with van der Waals surface area (Å²) in [5.41, 5.74) is 0.437. The Balaban J connectivity index is 2.35. The van der Waals surface area contributed by atoms with Crippen molar-refractivity contribution in [3.63, 3.8) is 0 Å². The SMILES string of the molecule is O=[N+]([O-])c1c(-c2c[nH]c3ccc(F)cc23)ccc(O)c1O. The molecule has 0 aliphatic heterocycles. The number of hydrogen-bond donors (Lipinski definition) is 3. The number of nitro groups is 1. The van der Waals surface area contributed by atoms with E-state index in [4.69, 9.17) is 0 Å². The van der Waals surface area contributed by atoms with E-state index in [-0.39, 0.29) is 5.56 Å². The van der Waals surface area contributed by atoms with Gasteiger partial charge in [-0.3, -0.25) is 10.1 Å². The Labute approximate surface area is 117 Å². The molecule has 7 heteroatoms. The fourth-order valence-corrected chi connectivity index (χ4v) is 2.29. The number of aromatic hydroxyl groups is 2. The zero-order chi connectivity index (χ0) is 15.1. The average Bonchev–Trinajstić information content (AvgIpc) is 2.84. The van der Waals surface area contributed by atoms with E-state index in [1.165, 1.54) is 30.5 Å². The minimum absolute atomic E-state index is 0.0900. The molecule has 2 aromatic carbocycles. The number of benzene rings is 2. The van der Waals surface area contributed by atoms with Gasteiger partial charge in [0, 0.05) is 22.7 Å². The molecule has 0 aliphatic rings. The molecular formula is C14H9FN2O4. The van der Waals surface area contributed by atoms with Gasteiger partial charge in [0.2, 0.25) is 5.75 Å². The molecule has 0 fully saturated rings. The van der Waals surface area contributed by atoms with E-state index in [1.807, 2.05) is 0 Å². The Morgan fingerprint density at radius 1 is 1.14 bits per heavy atom. The van der Waals surface area contributed by atoms with Gasteiger partial charge < -0.3 is 15.2 Å². The highest BCUT2D eigenvalue weighted by Gasteiger charge is 2.25. The van der Waals surface area contributed by atoms with E-state index in [0.717, 1.165) is 6.07 Å². The molecule has 0 saturated carbocycles. The number of aromatic nitrogens is 1. The predicted octanol–water partition coefficient (Wildman–Crippen LogP) is 3.29. The molecule has 0 amide bonds. The van der Waals surface area contributed by atoms with Gasteiger partial charge in [-0.15, -0.1) is 0 Å². The molecule has 6 nitrogen and oxygen atoms in total. The van der Waals surface area contributed by atoms with Gasteiger partial charge in [0.05, 0.1) is 10.5 Å². The number of rotatable bonds is 2. The molecule has 1 aromatic heterocycles. The van der Waals surface area contributed by atoms with Crippen molar-refractivity contribution in [2.45, 2.75) is 0 Å². The third-order valence-electron chi connectivity index (χ3n) is 3.25. The fraction of sp³-hybridized carbons (Fsp3) is 0. The second-order valence-electron chi connectivity index (χ2n) is 4.48. The standard InChI is InChI=1S/C14H9FN2O4/c15-7-1-3-11-9(5-7)10(6-16-11)8-2-4-12(18)14(19)13(8)17(20)21/h1-6,16,18-19H. The summed E-state index contributed by atoms with van der Waals surface area (Å²) in [6.45, 7) is 0. The molecule has 1 heterocycles. The van der Waals surface area contributed by atoms with E-state index in [2.05, 4.69) is 4.98 Å². The predicted molar refractivity (Wildman–Crippen MR) is 73.7 cm³/mol. The van der Waals surface area contributed by atoms with Crippen LogP contribution < -0.4 is 0 Å². The highest BCUT2D eigenvalue weighted by atomic mass is 19.1. The monoisotopic (exact) mass is 288 g/mol. The van der Waals surface area contributed by atoms with Crippen LogP contribution in [0.15, 0.2) is 36.5 Å². The van der Waals surface area contributed by atoms with Crippen LogP contribution in [0, 0.1) is 15.9 Å². The summed E-state index contributed by atoms with van der Waals surface area (Å²) < 4.78 is 13.4. The third-order valence-corrected chi connectivity index (χ3v) is 3.25. The molecule has 0 saturated heterocycles. The van der Waals surface area contributed by atoms with E-state index in [1.54, 1.807) is 0 Å². The zero-order valence-electron chi connectivity index (χ0n) is 10.5. The number of nitrogens with zero attached hydrogens (tertiary/aromatic N) is 1. The van der Waals surface area contributed by atoms with Crippen LogP contribution in [0.3, 0.4) is 0 Å². The first-order valence-electron chi connectivity index (χ1n) is 5.95. The molecule has 21 heavy (non-hydrogen) atoms. The average molecular weight is 288 g/mol. The Hall–Kier alpha value is -3.09. The van der Waals surface area contributed by atoms with Crippen LogP contribution >= 0.6 is 0 Å². The number of fused-ring (bicyclic) bond motifs is 1. The molecule has 106 valence electrons. The lowest BCUT2D eigenvalue weighted by Crippen LogP contribution is -1.92. The Kier molecular flexibility index (Phi) is 2.76. The second kappa shape index (κ2) is 4.48. The minimum Gasteiger partial charge on any atom is -0.504 e. The van der Waals surface area contributed by atoms with Gasteiger partial charge in [-0.1, -0.05) is 0 Å². The maximum atomic E-state index is 13.4. The number of nitro benzene ring substituents is 1. The van der Waals surface area contributed by atoms with Crippen LogP contribution in [0.5, 0.6) is 11.5 Å². The fourth-order valence-electron chi connectivity index (χ4n) is 2.29. The van der Waals surface area contributed by atoms with Crippen molar-refractivity contribution in [3.05, 3.63) is 52.5 Å². The number of H-pyrrole nitrogens is 1. The van der Waals surface area contributed by atoms with Crippen LogP contribution in [0.1, 0.15) is 0 Å². The molecule has 0 atom stereocenters. The van der Waals surface area contributed by atoms with Gasteiger partial charge in [-0.05, 0) is 30.3 Å². The van der Waals surface area contributed by atoms with Gasteiger partial charge in [0.15, 0.2) is 5.75 Å². The summed E-state index contributed by atoms with van der Waals surface area (Å²) in [5.74, 6) is -1.88. The van der Waals surface area contributed by atoms with Crippen LogP contribution in [0.2, 0.25) is 0 Å². The Bertz CT molecular complexity index is 873. The molecule has 3 rings (SSSR count). The van der Waals surface area contributed by atoms with E-state index < -0.39 is 27.9 Å². The summed E-state index contributed by atoms with van der Waals surface area (Å²) in [6, 6.07) is 6.48. The van der Waals surface area contributed by atoms with Crippen molar-refractivity contribution < 1.29 is 19.5 Å². The molecule has 0 radical (unpaired) electrons. The van der Waals surface area contributed by atoms with Crippen molar-refractivity contribution in [1.82, 2.24) is 4.98 Å². The normalized spacial score (nSPS) is 10.9. The summed E-state index contributed by atoms with van der Waals surface area (Å²) in [4.78, 5) is 13.2. The number of phenolic OH excluding ortho intramolecular Hbond substituents is 2. The van der Waals surface area contributed by atoms with Gasteiger partial charge >= 0.3 is 5.69 Å². The molecular weight excluding hydrogens is 279 g/mol. The van der Waals surface area contributed by atoms with Crippen LogP contribution in [0.25, 0.3) is 22.0 Å². The van der Waals surface area contributed by atoms with Crippen LogP contribution in [0.4, 0.5) is 10.1 Å². The lowest BCUT2D eigenvalue weighted by atomic mass is 10.0. The zero-order valence-corrected chi connectivity index (χ0v) is 10.5. The third kappa shape index (κ3) is 1.95. The van der Waals surface area contributed by atoms with Crippen molar-refractivity contribution in [3.8, 4) is 22.6 Å². The minimum atomic E-state index is -0.816. The number of hydrogen-bond acceptors (Lipinski definition) is 4. The highest BCUT2D eigenvalue weighted by Crippen LogP contribution is 2.44. The summed E-state index contributed by atoms with van der Waals surface area (Å²) in [7, 11) is 0. The van der Waals surface area contributed by atoms with Crippen LogP contribution in [-0.2, 0) is 0 Å². The summed E-state index contributed by atoms with van der Waals surface area (Å²) in [5, 5.41) is 30.7. The number of phenols is 2. The molecule has 3 N–H and O–H groups in total. The van der Waals surface area contributed by atoms with Gasteiger partial charge in [-0.25, -0.2) is 4.39 Å². The van der Waals surface area contributed by atoms with E-state index in [9.17, 15) is 24.7 Å². The lowest BCUT2D eigenvalue weighted by molar-refractivity contribution is -0.385. The van der Waals surface area contributed by atoms with Gasteiger partial charge in [0.25, 0.3) is 0 Å². The van der Waals surface area contributed by atoms with E-state index in [0.29, 0.717) is 16.5 Å². The molecule has 0 spiro atoms. The first kappa shape index (κ1) is 12.9.